The third-order valence-corrected chi connectivity index (χ3v) is 7.23. The van der Waals surface area contributed by atoms with E-state index in [1.165, 1.54) is 24.6 Å². The largest absolute Gasteiger partial charge is 0.348 e. The van der Waals surface area contributed by atoms with Crippen LogP contribution in [0.3, 0.4) is 0 Å². The van der Waals surface area contributed by atoms with Gasteiger partial charge in [0.05, 0.1) is 21.7 Å². The third-order valence-electron chi connectivity index (χ3n) is 4.97. The van der Waals surface area contributed by atoms with Crippen molar-refractivity contribution in [3.8, 4) is 5.69 Å². The van der Waals surface area contributed by atoms with Crippen LogP contribution in [-0.2, 0) is 4.79 Å². The molecule has 0 aliphatic carbocycles. The minimum atomic E-state index is -0.103. The summed E-state index contributed by atoms with van der Waals surface area (Å²) in [5, 5.41) is 13.4. The van der Waals surface area contributed by atoms with Gasteiger partial charge in [-0.15, -0.1) is 10.2 Å². The lowest BCUT2D eigenvalue weighted by Crippen LogP contribution is -2.16. The number of halogens is 1. The molecule has 0 saturated carbocycles. The van der Waals surface area contributed by atoms with E-state index in [4.69, 9.17) is 16.6 Å². The second kappa shape index (κ2) is 8.86. The van der Waals surface area contributed by atoms with Gasteiger partial charge >= 0.3 is 0 Å². The van der Waals surface area contributed by atoms with Gasteiger partial charge in [-0.1, -0.05) is 40.8 Å². The number of nitrogens with one attached hydrogen (secondary N) is 1. The lowest BCUT2D eigenvalue weighted by atomic mass is 10.3. The number of hydrogen-bond donors (Lipinski definition) is 1. The molecule has 1 N–H and O–H groups in total. The number of rotatable bonds is 6. The molecular formula is C21H19ClN6OS2. The molecule has 1 aliphatic rings. The standard InChI is InChI=1S/C21H19ClN6OS2/c22-14-4-3-5-16(10-14)28-13-23-26-21(28)30-12-19(29)24-15-6-7-17-18(11-15)31-20(25-17)27-8-1-2-9-27/h3-7,10-11,13H,1-2,8-9,12H2,(H,24,29). The maximum Gasteiger partial charge on any atom is 0.234 e. The van der Waals surface area contributed by atoms with Crippen LogP contribution in [0.1, 0.15) is 12.8 Å². The summed E-state index contributed by atoms with van der Waals surface area (Å²) in [7, 11) is 0. The van der Waals surface area contributed by atoms with Crippen LogP contribution in [0.5, 0.6) is 0 Å². The maximum absolute atomic E-state index is 12.5. The number of benzene rings is 2. The number of thiazole rings is 1. The van der Waals surface area contributed by atoms with E-state index in [-0.39, 0.29) is 11.7 Å². The Labute approximate surface area is 192 Å². The first-order valence-electron chi connectivity index (χ1n) is 9.90. The van der Waals surface area contributed by atoms with Gasteiger partial charge in [-0.3, -0.25) is 9.36 Å². The molecule has 0 unspecified atom stereocenters. The molecule has 1 saturated heterocycles. The number of aromatic nitrogens is 4. The van der Waals surface area contributed by atoms with Crippen LogP contribution in [0, 0.1) is 0 Å². The summed E-state index contributed by atoms with van der Waals surface area (Å²) in [4.78, 5) is 19.6. The zero-order valence-corrected chi connectivity index (χ0v) is 18.9. The van der Waals surface area contributed by atoms with E-state index in [2.05, 4.69) is 20.4 Å². The maximum atomic E-state index is 12.5. The lowest BCUT2D eigenvalue weighted by molar-refractivity contribution is -0.113. The molecule has 0 bridgehead atoms. The van der Waals surface area contributed by atoms with Gasteiger partial charge in [-0.05, 0) is 49.2 Å². The van der Waals surface area contributed by atoms with E-state index in [1.807, 2.05) is 47.0 Å². The van der Waals surface area contributed by atoms with Crippen LogP contribution in [0.25, 0.3) is 15.9 Å². The molecule has 1 aliphatic heterocycles. The van der Waals surface area contributed by atoms with Crippen LogP contribution in [-0.4, -0.2) is 44.5 Å². The third kappa shape index (κ3) is 4.53. The van der Waals surface area contributed by atoms with Gasteiger partial charge in [-0.25, -0.2) is 4.98 Å². The van der Waals surface area contributed by atoms with Gasteiger partial charge in [0, 0.05) is 23.8 Å². The fourth-order valence-electron chi connectivity index (χ4n) is 3.49. The van der Waals surface area contributed by atoms with Crippen LogP contribution >= 0.6 is 34.7 Å². The predicted molar refractivity (Wildman–Crippen MR) is 127 cm³/mol. The van der Waals surface area contributed by atoms with Crippen molar-refractivity contribution < 1.29 is 4.79 Å². The molecule has 2 aromatic heterocycles. The second-order valence-electron chi connectivity index (χ2n) is 7.17. The average Bonchev–Trinajstić information content (AvgIpc) is 3.52. The number of thioether (sulfide) groups is 1. The van der Waals surface area contributed by atoms with E-state index in [1.54, 1.807) is 17.7 Å². The quantitative estimate of drug-likeness (QED) is 0.405. The predicted octanol–water partition coefficient (Wildman–Crippen LogP) is 4.86. The van der Waals surface area contributed by atoms with Gasteiger partial charge < -0.3 is 10.2 Å². The molecule has 158 valence electrons. The molecular weight excluding hydrogens is 452 g/mol. The first-order valence-corrected chi connectivity index (χ1v) is 12.1. The van der Waals surface area contributed by atoms with E-state index in [0.29, 0.717) is 10.2 Å². The summed E-state index contributed by atoms with van der Waals surface area (Å²) in [5.74, 6) is 0.119. The molecule has 3 heterocycles. The first-order chi connectivity index (χ1) is 15.2. The van der Waals surface area contributed by atoms with Gasteiger partial charge in [0.25, 0.3) is 0 Å². The molecule has 4 aromatic rings. The van der Waals surface area contributed by atoms with E-state index in [0.717, 1.165) is 39.8 Å². The van der Waals surface area contributed by atoms with Crippen molar-refractivity contribution in [1.29, 1.82) is 0 Å². The summed E-state index contributed by atoms with van der Waals surface area (Å²) in [6, 6.07) is 13.3. The summed E-state index contributed by atoms with van der Waals surface area (Å²) in [6.45, 7) is 2.14. The van der Waals surface area contributed by atoms with Crippen LogP contribution < -0.4 is 10.2 Å². The minimum absolute atomic E-state index is 0.103. The van der Waals surface area contributed by atoms with Gasteiger partial charge in [-0.2, -0.15) is 0 Å². The number of amides is 1. The molecule has 0 radical (unpaired) electrons. The summed E-state index contributed by atoms with van der Waals surface area (Å²) < 4.78 is 2.89. The van der Waals surface area contributed by atoms with E-state index < -0.39 is 0 Å². The molecule has 1 amide bonds. The van der Waals surface area contributed by atoms with Crippen molar-refractivity contribution in [3.63, 3.8) is 0 Å². The van der Waals surface area contributed by atoms with Crippen LogP contribution in [0.2, 0.25) is 5.02 Å². The number of hydrogen-bond acceptors (Lipinski definition) is 7. The minimum Gasteiger partial charge on any atom is -0.348 e. The van der Waals surface area contributed by atoms with E-state index >= 15 is 0 Å². The Kier molecular flexibility index (Phi) is 5.80. The molecule has 0 atom stereocenters. The second-order valence-corrected chi connectivity index (χ2v) is 9.56. The summed E-state index contributed by atoms with van der Waals surface area (Å²) in [6.07, 6.45) is 4.06. The average molecular weight is 471 g/mol. The molecule has 1 fully saturated rings. The van der Waals surface area contributed by atoms with Crippen molar-refractivity contribution in [2.75, 3.05) is 29.1 Å². The molecule has 10 heteroatoms. The van der Waals surface area contributed by atoms with Crippen molar-refractivity contribution in [2.24, 2.45) is 0 Å². The Hall–Kier alpha value is -2.62. The zero-order valence-electron chi connectivity index (χ0n) is 16.5. The van der Waals surface area contributed by atoms with Gasteiger partial charge in [0.1, 0.15) is 6.33 Å². The monoisotopic (exact) mass is 470 g/mol. The Morgan fingerprint density at radius 3 is 2.90 bits per heavy atom. The van der Waals surface area contributed by atoms with Crippen LogP contribution in [0.15, 0.2) is 53.9 Å². The smallest absolute Gasteiger partial charge is 0.234 e. The Balaban J connectivity index is 1.24. The number of fused-ring (bicyclic) bond motifs is 1. The normalized spacial score (nSPS) is 13.8. The van der Waals surface area contributed by atoms with Crippen molar-refractivity contribution >= 4 is 61.6 Å². The molecule has 0 spiro atoms. The fourth-order valence-corrected chi connectivity index (χ4v) is 5.46. The molecule has 7 nitrogen and oxygen atoms in total. The summed E-state index contributed by atoms with van der Waals surface area (Å²) in [5.41, 5.74) is 2.59. The molecule has 31 heavy (non-hydrogen) atoms. The van der Waals surface area contributed by atoms with E-state index in [9.17, 15) is 4.79 Å². The number of nitrogens with zero attached hydrogens (tertiary/aromatic N) is 5. The number of anilines is 2. The Morgan fingerprint density at radius 2 is 2.06 bits per heavy atom. The molecule has 2 aromatic carbocycles. The first kappa shape index (κ1) is 20.3. The Morgan fingerprint density at radius 1 is 1.19 bits per heavy atom. The number of carbonyl (C=O) groups excluding carboxylic acids is 1. The lowest BCUT2D eigenvalue weighted by Gasteiger charge is -2.11. The zero-order chi connectivity index (χ0) is 21.2. The van der Waals surface area contributed by atoms with Gasteiger partial charge in [0.2, 0.25) is 5.91 Å². The van der Waals surface area contributed by atoms with Crippen molar-refractivity contribution in [3.05, 3.63) is 53.8 Å². The van der Waals surface area contributed by atoms with Gasteiger partial charge in [0.15, 0.2) is 10.3 Å². The topological polar surface area (TPSA) is 75.9 Å². The Bertz CT molecular complexity index is 1230. The highest BCUT2D eigenvalue weighted by Gasteiger charge is 2.17. The highest BCUT2D eigenvalue weighted by Crippen LogP contribution is 2.32. The number of carbonyl (C=O) groups is 1. The highest BCUT2D eigenvalue weighted by molar-refractivity contribution is 7.99. The van der Waals surface area contributed by atoms with Crippen molar-refractivity contribution in [2.45, 2.75) is 18.0 Å². The summed E-state index contributed by atoms with van der Waals surface area (Å²) >= 11 is 9.08. The van der Waals surface area contributed by atoms with Crippen LogP contribution in [0.4, 0.5) is 10.8 Å². The highest BCUT2D eigenvalue weighted by atomic mass is 35.5. The molecule has 5 rings (SSSR count). The fraction of sp³-hybridized carbons (Fsp3) is 0.238. The SMILES string of the molecule is O=C(CSc1nncn1-c1cccc(Cl)c1)Nc1ccc2nc(N3CCCC3)sc2c1. The van der Waals surface area contributed by atoms with Crippen molar-refractivity contribution in [1.82, 2.24) is 19.7 Å².